The molecule has 0 spiro atoms. The summed E-state index contributed by atoms with van der Waals surface area (Å²) >= 11 is 0. The number of hydrogen-bond donors (Lipinski definition) is 1. The third-order valence-corrected chi connectivity index (χ3v) is 1.32. The summed E-state index contributed by atoms with van der Waals surface area (Å²) in [4.78, 5) is 0. The van der Waals surface area contributed by atoms with Crippen molar-refractivity contribution < 1.29 is 4.52 Å². The van der Waals surface area contributed by atoms with Crippen LogP contribution in [0.25, 0.3) is 0 Å². The lowest BCUT2D eigenvalue weighted by molar-refractivity contribution is 0.372. The molecule has 0 saturated carbocycles. The molecule has 0 aromatic carbocycles. The van der Waals surface area contributed by atoms with E-state index in [0.29, 0.717) is 0 Å². The highest BCUT2D eigenvalue weighted by atomic mass is 16.5. The lowest BCUT2D eigenvalue weighted by atomic mass is 10.3. The van der Waals surface area contributed by atoms with Gasteiger partial charge in [-0.3, -0.25) is 0 Å². The SMILES string of the molecule is CCc1cc(CNC)on1. The van der Waals surface area contributed by atoms with Crippen molar-refractivity contribution in [2.45, 2.75) is 19.9 Å². The minimum atomic E-state index is 0.757. The van der Waals surface area contributed by atoms with Crippen LogP contribution in [0.2, 0.25) is 0 Å². The first-order valence-corrected chi connectivity index (χ1v) is 3.46. The van der Waals surface area contributed by atoms with Crippen LogP contribution in [0.5, 0.6) is 0 Å². The van der Waals surface area contributed by atoms with Gasteiger partial charge in [0.2, 0.25) is 0 Å². The number of aryl methyl sites for hydroxylation is 1. The van der Waals surface area contributed by atoms with Crippen LogP contribution < -0.4 is 5.32 Å². The maximum atomic E-state index is 4.98. The Kier molecular flexibility index (Phi) is 2.45. The highest BCUT2D eigenvalue weighted by molar-refractivity contribution is 5.04. The van der Waals surface area contributed by atoms with E-state index in [0.717, 1.165) is 24.4 Å². The summed E-state index contributed by atoms with van der Waals surface area (Å²) in [7, 11) is 1.88. The van der Waals surface area contributed by atoms with Crippen molar-refractivity contribution in [2.75, 3.05) is 7.05 Å². The van der Waals surface area contributed by atoms with Gasteiger partial charge < -0.3 is 9.84 Å². The van der Waals surface area contributed by atoms with Crippen LogP contribution in [0.15, 0.2) is 10.6 Å². The zero-order valence-electron chi connectivity index (χ0n) is 6.35. The van der Waals surface area contributed by atoms with Crippen molar-refractivity contribution in [3.8, 4) is 0 Å². The topological polar surface area (TPSA) is 38.1 Å². The summed E-state index contributed by atoms with van der Waals surface area (Å²) < 4.78 is 4.98. The zero-order chi connectivity index (χ0) is 7.40. The Hall–Kier alpha value is -0.830. The third-order valence-electron chi connectivity index (χ3n) is 1.32. The van der Waals surface area contributed by atoms with Crippen molar-refractivity contribution >= 4 is 0 Å². The molecule has 3 heteroatoms. The average molecular weight is 140 g/mol. The molecule has 0 radical (unpaired) electrons. The van der Waals surface area contributed by atoms with Gasteiger partial charge in [0, 0.05) is 6.07 Å². The molecule has 1 aromatic heterocycles. The quantitative estimate of drug-likeness (QED) is 0.679. The predicted molar refractivity (Wildman–Crippen MR) is 38.6 cm³/mol. The fraction of sp³-hybridized carbons (Fsp3) is 0.571. The summed E-state index contributed by atoms with van der Waals surface area (Å²) in [6.07, 6.45) is 0.938. The second-order valence-electron chi connectivity index (χ2n) is 2.17. The Morgan fingerprint density at radius 1 is 1.70 bits per heavy atom. The highest BCUT2D eigenvalue weighted by Gasteiger charge is 1.98. The maximum absolute atomic E-state index is 4.98. The molecule has 1 N–H and O–H groups in total. The van der Waals surface area contributed by atoms with E-state index in [1.54, 1.807) is 0 Å². The van der Waals surface area contributed by atoms with Gasteiger partial charge in [-0.2, -0.15) is 0 Å². The van der Waals surface area contributed by atoms with E-state index >= 15 is 0 Å². The summed E-state index contributed by atoms with van der Waals surface area (Å²) in [5.74, 6) is 0.902. The van der Waals surface area contributed by atoms with Crippen molar-refractivity contribution in [1.29, 1.82) is 0 Å². The largest absolute Gasteiger partial charge is 0.360 e. The molecule has 1 rings (SSSR count). The van der Waals surface area contributed by atoms with Gasteiger partial charge in [-0.1, -0.05) is 12.1 Å². The number of nitrogens with zero attached hydrogens (tertiary/aromatic N) is 1. The van der Waals surface area contributed by atoms with E-state index in [1.807, 2.05) is 13.1 Å². The van der Waals surface area contributed by atoms with E-state index in [-0.39, 0.29) is 0 Å². The molecule has 1 heterocycles. The van der Waals surface area contributed by atoms with Gasteiger partial charge in [0.25, 0.3) is 0 Å². The van der Waals surface area contributed by atoms with E-state index in [4.69, 9.17) is 4.52 Å². The van der Waals surface area contributed by atoms with Crippen LogP contribution in [-0.4, -0.2) is 12.2 Å². The van der Waals surface area contributed by atoms with Gasteiger partial charge in [-0.15, -0.1) is 0 Å². The van der Waals surface area contributed by atoms with Crippen molar-refractivity contribution in [2.24, 2.45) is 0 Å². The first-order valence-electron chi connectivity index (χ1n) is 3.46. The molecule has 1 aromatic rings. The number of nitrogens with one attached hydrogen (secondary N) is 1. The molecule has 0 saturated heterocycles. The molecule has 0 amide bonds. The van der Waals surface area contributed by atoms with E-state index in [1.165, 1.54) is 0 Å². The molecule has 0 atom stereocenters. The number of aromatic nitrogens is 1. The maximum Gasteiger partial charge on any atom is 0.150 e. The molecule has 0 aliphatic carbocycles. The summed E-state index contributed by atoms with van der Waals surface area (Å²) in [5, 5.41) is 6.83. The summed E-state index contributed by atoms with van der Waals surface area (Å²) in [5.41, 5.74) is 1.02. The van der Waals surface area contributed by atoms with Gasteiger partial charge in [0.1, 0.15) is 0 Å². The van der Waals surface area contributed by atoms with E-state index in [9.17, 15) is 0 Å². The molecule has 3 nitrogen and oxygen atoms in total. The number of hydrogen-bond acceptors (Lipinski definition) is 3. The first-order chi connectivity index (χ1) is 4.86. The van der Waals surface area contributed by atoms with Crippen LogP contribution >= 0.6 is 0 Å². The minimum absolute atomic E-state index is 0.757. The number of rotatable bonds is 3. The molecule has 56 valence electrons. The van der Waals surface area contributed by atoms with Gasteiger partial charge in [-0.05, 0) is 13.5 Å². The lowest BCUT2D eigenvalue weighted by Gasteiger charge is -1.87. The molecule has 0 aliphatic rings. The van der Waals surface area contributed by atoms with E-state index < -0.39 is 0 Å². The third kappa shape index (κ3) is 1.57. The Balaban J connectivity index is 2.59. The molecule has 0 bridgehead atoms. The summed E-state index contributed by atoms with van der Waals surface area (Å²) in [6, 6.07) is 1.97. The Bertz CT molecular complexity index is 195. The fourth-order valence-corrected chi connectivity index (χ4v) is 0.780. The smallest absolute Gasteiger partial charge is 0.150 e. The standard InChI is InChI=1S/C7H12N2O/c1-3-6-4-7(5-8-2)10-9-6/h4,8H,3,5H2,1-2H3. The van der Waals surface area contributed by atoms with Crippen molar-refractivity contribution in [3.63, 3.8) is 0 Å². The van der Waals surface area contributed by atoms with Crippen LogP contribution in [0.4, 0.5) is 0 Å². The van der Waals surface area contributed by atoms with Crippen LogP contribution in [-0.2, 0) is 13.0 Å². The molecule has 0 fully saturated rings. The van der Waals surface area contributed by atoms with Crippen LogP contribution in [0.1, 0.15) is 18.4 Å². The Labute approximate surface area is 60.4 Å². The summed E-state index contributed by atoms with van der Waals surface area (Å²) in [6.45, 7) is 2.81. The normalized spacial score (nSPS) is 10.2. The minimum Gasteiger partial charge on any atom is -0.360 e. The lowest BCUT2D eigenvalue weighted by Crippen LogP contribution is -2.03. The molecule has 0 unspecified atom stereocenters. The van der Waals surface area contributed by atoms with Gasteiger partial charge in [0.05, 0.1) is 12.2 Å². The second kappa shape index (κ2) is 3.37. The second-order valence-corrected chi connectivity index (χ2v) is 2.17. The molecule has 10 heavy (non-hydrogen) atoms. The zero-order valence-corrected chi connectivity index (χ0v) is 6.35. The highest BCUT2D eigenvalue weighted by Crippen LogP contribution is 2.02. The van der Waals surface area contributed by atoms with Crippen molar-refractivity contribution in [1.82, 2.24) is 10.5 Å². The fourth-order valence-electron chi connectivity index (χ4n) is 0.780. The molecular weight excluding hydrogens is 128 g/mol. The van der Waals surface area contributed by atoms with Gasteiger partial charge in [0.15, 0.2) is 5.76 Å². The van der Waals surface area contributed by atoms with Gasteiger partial charge in [-0.25, -0.2) is 0 Å². The Morgan fingerprint density at radius 3 is 3.00 bits per heavy atom. The van der Waals surface area contributed by atoms with Crippen molar-refractivity contribution in [3.05, 3.63) is 17.5 Å². The van der Waals surface area contributed by atoms with Crippen LogP contribution in [0.3, 0.4) is 0 Å². The molecular formula is C7H12N2O. The van der Waals surface area contributed by atoms with E-state index in [2.05, 4.69) is 17.4 Å². The first kappa shape index (κ1) is 7.28. The van der Waals surface area contributed by atoms with Crippen LogP contribution in [0, 0.1) is 0 Å². The van der Waals surface area contributed by atoms with Gasteiger partial charge >= 0.3 is 0 Å². The predicted octanol–water partition coefficient (Wildman–Crippen LogP) is 0.956. The monoisotopic (exact) mass is 140 g/mol. The molecule has 0 aliphatic heterocycles. The Morgan fingerprint density at radius 2 is 2.50 bits per heavy atom. The average Bonchev–Trinajstić information content (AvgIpc) is 2.37.